The smallest absolute Gasteiger partial charge is 0.243 e. The summed E-state index contributed by atoms with van der Waals surface area (Å²) in [4.78, 5) is 78.9. The van der Waals surface area contributed by atoms with Crippen LogP contribution in [-0.4, -0.2) is 79.7 Å². The minimum atomic E-state index is -1.04. The van der Waals surface area contributed by atoms with Crippen LogP contribution in [0.25, 0.3) is 0 Å². The molecule has 0 fully saturated rings. The van der Waals surface area contributed by atoms with E-state index >= 15 is 0 Å². The van der Waals surface area contributed by atoms with Crippen molar-refractivity contribution in [3.8, 4) is 0 Å². The van der Waals surface area contributed by atoms with E-state index in [4.69, 9.17) is 11.5 Å². The molecule has 0 bridgehead atoms. The van der Waals surface area contributed by atoms with Crippen molar-refractivity contribution < 1.29 is 24.0 Å². The summed E-state index contributed by atoms with van der Waals surface area (Å²) in [7, 11) is 0. The SMILES string of the molecule is CC[C@H](C)[C@H](NC(=O)[C@@H](NC(=O)[C@H](CC(C)C)NC(=O)[C@@H](N)Cc1cnc[nH]1)C(C)C)C(=O)N[C@@H](Cc1cnc[nH]1)C(N)=O.Cl.Cl. The molecule has 0 radical (unpaired) electrons. The number of carbonyl (C=O) groups is 5. The van der Waals surface area contributed by atoms with Crippen LogP contribution < -0.4 is 32.7 Å². The van der Waals surface area contributed by atoms with Crippen molar-refractivity contribution in [1.82, 2.24) is 41.2 Å². The lowest BCUT2D eigenvalue weighted by Crippen LogP contribution is -2.61. The predicted octanol–water partition coefficient (Wildman–Crippen LogP) is 0.262. The Morgan fingerprint density at radius 1 is 0.739 bits per heavy atom. The van der Waals surface area contributed by atoms with E-state index < -0.39 is 59.7 Å². The van der Waals surface area contributed by atoms with Crippen molar-refractivity contribution in [2.45, 2.75) is 97.4 Å². The highest BCUT2D eigenvalue weighted by atomic mass is 35.5. The second kappa shape index (κ2) is 20.4. The summed E-state index contributed by atoms with van der Waals surface area (Å²) < 4.78 is 0. The minimum Gasteiger partial charge on any atom is -0.368 e. The number of aromatic amines is 2. The summed E-state index contributed by atoms with van der Waals surface area (Å²) in [5.41, 5.74) is 12.9. The molecule has 0 aliphatic carbocycles. The van der Waals surface area contributed by atoms with E-state index in [9.17, 15) is 24.0 Å². The zero-order valence-corrected chi connectivity index (χ0v) is 28.8. The zero-order valence-electron chi connectivity index (χ0n) is 27.2. The molecule has 2 aromatic heterocycles. The summed E-state index contributed by atoms with van der Waals surface area (Å²) in [6.45, 7) is 11.0. The fraction of sp³-hybridized carbons (Fsp3) is 0.621. The van der Waals surface area contributed by atoms with Crippen LogP contribution in [0.2, 0.25) is 0 Å². The van der Waals surface area contributed by atoms with Crippen LogP contribution >= 0.6 is 24.8 Å². The van der Waals surface area contributed by atoms with Gasteiger partial charge in [-0.25, -0.2) is 9.97 Å². The van der Waals surface area contributed by atoms with E-state index in [1.54, 1.807) is 27.0 Å². The third kappa shape index (κ3) is 13.3. The number of rotatable bonds is 18. The Labute approximate surface area is 282 Å². The highest BCUT2D eigenvalue weighted by molar-refractivity contribution is 5.96. The molecule has 0 aromatic carbocycles. The summed E-state index contributed by atoms with van der Waals surface area (Å²) in [5.74, 6) is -3.60. The van der Waals surface area contributed by atoms with Crippen molar-refractivity contribution in [2.24, 2.45) is 29.2 Å². The number of nitrogens with one attached hydrogen (secondary N) is 6. The summed E-state index contributed by atoms with van der Waals surface area (Å²) in [5, 5.41) is 10.9. The molecular formula is C29H50Cl2N10O5. The number of hydrogen-bond donors (Lipinski definition) is 8. The molecule has 0 aliphatic rings. The molecule has 2 rings (SSSR count). The summed E-state index contributed by atoms with van der Waals surface area (Å²) in [6, 6.07) is -4.94. The number of hydrogen-bond acceptors (Lipinski definition) is 8. The Kier molecular flexibility index (Phi) is 18.8. The normalized spacial score (nSPS) is 14.8. The van der Waals surface area contributed by atoms with Crippen molar-refractivity contribution in [3.63, 3.8) is 0 Å². The first-order chi connectivity index (χ1) is 20.7. The number of primary amides is 1. The third-order valence-corrected chi connectivity index (χ3v) is 7.35. The molecule has 15 nitrogen and oxygen atoms in total. The number of aromatic nitrogens is 4. The number of nitrogens with two attached hydrogens (primary N) is 2. The van der Waals surface area contributed by atoms with Gasteiger partial charge in [-0.1, -0.05) is 48.0 Å². The molecule has 2 heterocycles. The number of carbonyl (C=O) groups excluding carboxylic acids is 5. The highest BCUT2D eigenvalue weighted by Crippen LogP contribution is 2.13. The van der Waals surface area contributed by atoms with E-state index in [1.807, 2.05) is 20.8 Å². The second-order valence-corrected chi connectivity index (χ2v) is 11.9. The number of amides is 5. The van der Waals surface area contributed by atoms with Gasteiger partial charge in [-0.2, -0.15) is 0 Å². The summed E-state index contributed by atoms with van der Waals surface area (Å²) >= 11 is 0. The molecule has 260 valence electrons. The average Bonchev–Trinajstić information content (AvgIpc) is 3.67. The Bertz CT molecular complexity index is 1230. The zero-order chi connectivity index (χ0) is 33.0. The monoisotopic (exact) mass is 688 g/mol. The van der Waals surface area contributed by atoms with Gasteiger partial charge < -0.3 is 42.7 Å². The van der Waals surface area contributed by atoms with Crippen LogP contribution in [0.4, 0.5) is 0 Å². The molecule has 0 unspecified atom stereocenters. The largest absolute Gasteiger partial charge is 0.368 e. The van der Waals surface area contributed by atoms with Gasteiger partial charge in [-0.3, -0.25) is 24.0 Å². The second-order valence-electron chi connectivity index (χ2n) is 11.9. The maximum absolute atomic E-state index is 13.6. The standard InChI is InChI=1S/C29H48N10O5.2ClH/c1-7-17(6)24(29(44)36-21(25(31)40)10-19-12-33-14-35-19)39-28(43)23(16(4)5)38-27(42)22(8-15(2)3)37-26(41)20(30)9-18-11-32-13-34-18;;/h11-17,20-24H,7-10,30H2,1-6H3,(H2,31,40)(H,32,34)(H,33,35)(H,36,44)(H,37,41)(H,38,42)(H,39,43);2*1H/t17-,20-,21-,22-,23-,24-;;/m0../s1. The van der Waals surface area contributed by atoms with Crippen LogP contribution in [0.15, 0.2) is 25.0 Å². The Morgan fingerprint density at radius 3 is 1.70 bits per heavy atom. The molecule has 6 atom stereocenters. The van der Waals surface area contributed by atoms with Gasteiger partial charge in [0.2, 0.25) is 29.5 Å². The predicted molar refractivity (Wildman–Crippen MR) is 178 cm³/mol. The fourth-order valence-electron chi connectivity index (χ4n) is 4.54. The maximum atomic E-state index is 13.6. The minimum absolute atomic E-state index is 0. The van der Waals surface area contributed by atoms with E-state index in [2.05, 4.69) is 41.2 Å². The maximum Gasteiger partial charge on any atom is 0.243 e. The first-order valence-electron chi connectivity index (χ1n) is 14.9. The highest BCUT2D eigenvalue weighted by Gasteiger charge is 2.34. The van der Waals surface area contributed by atoms with Crippen molar-refractivity contribution in [1.29, 1.82) is 0 Å². The topological polar surface area (TPSA) is 243 Å². The molecule has 0 saturated heterocycles. The summed E-state index contributed by atoms with van der Waals surface area (Å²) in [6.07, 6.45) is 7.18. The van der Waals surface area contributed by atoms with Gasteiger partial charge in [-0.05, 0) is 24.2 Å². The van der Waals surface area contributed by atoms with Gasteiger partial charge in [0, 0.05) is 36.6 Å². The van der Waals surface area contributed by atoms with Gasteiger partial charge in [0.05, 0.1) is 18.7 Å². The lowest BCUT2D eigenvalue weighted by molar-refractivity contribution is -0.136. The first-order valence-corrected chi connectivity index (χ1v) is 14.9. The average molecular weight is 690 g/mol. The van der Waals surface area contributed by atoms with Crippen LogP contribution in [0.5, 0.6) is 0 Å². The molecule has 5 amide bonds. The lowest BCUT2D eigenvalue weighted by atomic mass is 9.95. The van der Waals surface area contributed by atoms with Crippen LogP contribution in [0.1, 0.15) is 65.8 Å². The van der Waals surface area contributed by atoms with Gasteiger partial charge in [-0.15, -0.1) is 24.8 Å². The van der Waals surface area contributed by atoms with Crippen molar-refractivity contribution in [2.75, 3.05) is 0 Å². The molecule has 0 spiro atoms. The molecule has 10 N–H and O–H groups in total. The lowest BCUT2D eigenvalue weighted by Gasteiger charge is -2.30. The Balaban J connectivity index is 0.0000101. The fourth-order valence-corrected chi connectivity index (χ4v) is 4.54. The van der Waals surface area contributed by atoms with Crippen LogP contribution in [-0.2, 0) is 36.8 Å². The third-order valence-electron chi connectivity index (χ3n) is 7.35. The quantitative estimate of drug-likeness (QED) is 0.108. The van der Waals surface area contributed by atoms with Crippen LogP contribution in [0, 0.1) is 17.8 Å². The number of nitrogens with zero attached hydrogens (tertiary/aromatic N) is 2. The van der Waals surface area contributed by atoms with Crippen molar-refractivity contribution >= 4 is 54.3 Å². The Morgan fingerprint density at radius 2 is 1.24 bits per heavy atom. The number of halogens is 2. The molecule has 0 saturated carbocycles. The van der Waals surface area contributed by atoms with E-state index in [-0.39, 0.29) is 55.4 Å². The van der Waals surface area contributed by atoms with Gasteiger partial charge >= 0.3 is 0 Å². The number of imidazole rings is 2. The van der Waals surface area contributed by atoms with Crippen LogP contribution in [0.3, 0.4) is 0 Å². The first kappa shape index (κ1) is 42.3. The number of H-pyrrole nitrogens is 2. The Hall–Kier alpha value is -3.69. The molecule has 0 aliphatic heterocycles. The van der Waals surface area contributed by atoms with Gasteiger partial charge in [0.1, 0.15) is 24.2 Å². The van der Waals surface area contributed by atoms with E-state index in [0.717, 1.165) is 0 Å². The van der Waals surface area contributed by atoms with Crippen molar-refractivity contribution in [3.05, 3.63) is 36.4 Å². The molecule has 46 heavy (non-hydrogen) atoms. The van der Waals surface area contributed by atoms with E-state index in [1.165, 1.54) is 18.9 Å². The molecular weight excluding hydrogens is 639 g/mol. The van der Waals surface area contributed by atoms with Gasteiger partial charge in [0.25, 0.3) is 0 Å². The molecule has 17 heteroatoms. The van der Waals surface area contributed by atoms with Gasteiger partial charge in [0.15, 0.2) is 0 Å². The molecule has 2 aromatic rings. The van der Waals surface area contributed by atoms with E-state index in [0.29, 0.717) is 24.2 Å².